The van der Waals surface area contributed by atoms with Gasteiger partial charge in [0.2, 0.25) is 0 Å². The van der Waals surface area contributed by atoms with E-state index in [0.29, 0.717) is 0 Å². The Hall–Kier alpha value is -1.62. The molecule has 0 saturated carbocycles. The highest BCUT2D eigenvalue weighted by Crippen LogP contribution is 2.27. The Morgan fingerprint density at radius 3 is 2.56 bits per heavy atom. The number of nitrogens with one attached hydrogen (secondary N) is 1. The summed E-state index contributed by atoms with van der Waals surface area (Å²) >= 11 is 1.59. The van der Waals surface area contributed by atoms with Crippen LogP contribution in [-0.2, 0) is 7.05 Å². The topological polar surface area (TPSA) is 50.1 Å². The number of nitrogens with zero attached hydrogens (tertiary/aromatic N) is 2. The molecule has 2 rings (SSSR count). The minimum Gasteiger partial charge on any atom is -0.357 e. The van der Waals surface area contributed by atoms with Gasteiger partial charge in [0.25, 0.3) is 0 Å². The van der Waals surface area contributed by atoms with Gasteiger partial charge in [0.05, 0.1) is 11.4 Å². The van der Waals surface area contributed by atoms with Gasteiger partial charge in [-0.1, -0.05) is 0 Å². The van der Waals surface area contributed by atoms with Gasteiger partial charge in [-0.25, -0.2) is 0 Å². The summed E-state index contributed by atoms with van der Waals surface area (Å²) in [5.74, 6) is 0.103. The number of carbonyl (C=O) groups excluding carboxylic acids is 1. The molecule has 0 fully saturated rings. The second-order valence-corrected chi connectivity index (χ2v) is 5.20. The van der Waals surface area contributed by atoms with Crippen molar-refractivity contribution in [1.82, 2.24) is 9.55 Å². The lowest BCUT2D eigenvalue weighted by Gasteiger charge is -2.02. The van der Waals surface area contributed by atoms with Crippen LogP contribution in [0.3, 0.4) is 0 Å². The number of Topliss-reactive ketones (excluding diaryl/α,β-unsaturated/α-hetero) is 1. The van der Waals surface area contributed by atoms with E-state index in [9.17, 15) is 4.79 Å². The maximum absolute atomic E-state index is 11.6. The Bertz CT molecular complexity index is 673. The standard InChI is InChI=1S/C13H17N3OS/c1-7-11(9(3)17)8(2)15-12(7)10-6-18-13(14-4)16(10)5/h6,15H,1-5H3. The van der Waals surface area contributed by atoms with Crippen LogP contribution >= 0.6 is 11.3 Å². The van der Waals surface area contributed by atoms with Crippen LogP contribution in [0.25, 0.3) is 11.4 Å². The van der Waals surface area contributed by atoms with Crippen molar-refractivity contribution in [2.75, 3.05) is 7.05 Å². The van der Waals surface area contributed by atoms with E-state index in [1.165, 1.54) is 0 Å². The molecule has 0 unspecified atom stereocenters. The molecule has 2 heterocycles. The molecule has 4 nitrogen and oxygen atoms in total. The van der Waals surface area contributed by atoms with Crippen molar-refractivity contribution >= 4 is 17.1 Å². The highest BCUT2D eigenvalue weighted by atomic mass is 32.1. The van der Waals surface area contributed by atoms with E-state index in [2.05, 4.69) is 15.4 Å². The van der Waals surface area contributed by atoms with Crippen molar-refractivity contribution in [3.8, 4) is 11.4 Å². The Balaban J connectivity index is 2.69. The molecule has 0 spiro atoms. The summed E-state index contributed by atoms with van der Waals surface area (Å²) in [5, 5.41) is 2.06. The molecule has 2 aromatic rings. The first-order chi connectivity index (χ1) is 8.47. The van der Waals surface area contributed by atoms with Gasteiger partial charge in [-0.3, -0.25) is 9.79 Å². The zero-order valence-electron chi connectivity index (χ0n) is 11.3. The number of rotatable bonds is 2. The van der Waals surface area contributed by atoms with Crippen molar-refractivity contribution in [3.05, 3.63) is 27.0 Å². The minimum absolute atomic E-state index is 0.103. The van der Waals surface area contributed by atoms with Crippen molar-refractivity contribution < 1.29 is 4.79 Å². The molecular weight excluding hydrogens is 246 g/mol. The molecule has 96 valence electrons. The molecule has 1 N–H and O–H groups in total. The number of hydrogen-bond donors (Lipinski definition) is 1. The molecule has 0 aromatic carbocycles. The number of hydrogen-bond acceptors (Lipinski definition) is 3. The summed E-state index contributed by atoms with van der Waals surface area (Å²) in [6, 6.07) is 0. The van der Waals surface area contributed by atoms with Crippen LogP contribution in [0.15, 0.2) is 10.4 Å². The molecule has 0 aliphatic rings. The number of ketones is 1. The summed E-state index contributed by atoms with van der Waals surface area (Å²) in [6.45, 7) is 5.52. The average molecular weight is 263 g/mol. The summed E-state index contributed by atoms with van der Waals surface area (Å²) in [7, 11) is 3.76. The quantitative estimate of drug-likeness (QED) is 0.831. The van der Waals surface area contributed by atoms with E-state index in [0.717, 1.165) is 33.0 Å². The summed E-state index contributed by atoms with van der Waals surface area (Å²) in [4.78, 5) is 20.1. The van der Waals surface area contributed by atoms with E-state index >= 15 is 0 Å². The molecule has 0 radical (unpaired) electrons. The average Bonchev–Trinajstić information content (AvgIpc) is 2.79. The van der Waals surface area contributed by atoms with E-state index in [4.69, 9.17) is 0 Å². The fourth-order valence-corrected chi connectivity index (χ4v) is 3.19. The zero-order valence-corrected chi connectivity index (χ0v) is 12.1. The van der Waals surface area contributed by atoms with Crippen LogP contribution in [0, 0.1) is 13.8 Å². The summed E-state index contributed by atoms with van der Waals surface area (Å²) in [5.41, 5.74) is 4.80. The lowest BCUT2D eigenvalue weighted by molar-refractivity contribution is 0.101. The van der Waals surface area contributed by atoms with Crippen LogP contribution in [0.1, 0.15) is 28.5 Å². The highest BCUT2D eigenvalue weighted by Gasteiger charge is 2.17. The third kappa shape index (κ3) is 1.84. The van der Waals surface area contributed by atoms with Crippen molar-refractivity contribution in [1.29, 1.82) is 0 Å². The lowest BCUT2D eigenvalue weighted by atomic mass is 10.1. The monoisotopic (exact) mass is 263 g/mol. The largest absolute Gasteiger partial charge is 0.357 e. The Morgan fingerprint density at radius 1 is 1.44 bits per heavy atom. The Morgan fingerprint density at radius 2 is 2.11 bits per heavy atom. The molecule has 0 atom stereocenters. The molecule has 0 aliphatic carbocycles. The van der Waals surface area contributed by atoms with Crippen LogP contribution in [0.2, 0.25) is 0 Å². The van der Waals surface area contributed by atoms with Crippen molar-refractivity contribution in [3.63, 3.8) is 0 Å². The van der Waals surface area contributed by atoms with Gasteiger partial charge in [0.1, 0.15) is 0 Å². The van der Waals surface area contributed by atoms with Crippen molar-refractivity contribution in [2.45, 2.75) is 20.8 Å². The maximum atomic E-state index is 11.6. The third-order valence-corrected chi connectivity index (χ3v) is 4.17. The van der Waals surface area contributed by atoms with Crippen LogP contribution in [0.4, 0.5) is 0 Å². The third-order valence-electron chi connectivity index (χ3n) is 3.16. The normalized spacial score (nSPS) is 12.2. The molecule has 18 heavy (non-hydrogen) atoms. The van der Waals surface area contributed by atoms with E-state index in [1.54, 1.807) is 25.3 Å². The first-order valence-electron chi connectivity index (χ1n) is 5.75. The molecule has 0 saturated heterocycles. The van der Waals surface area contributed by atoms with Gasteiger partial charge < -0.3 is 9.55 Å². The minimum atomic E-state index is 0.103. The van der Waals surface area contributed by atoms with E-state index in [1.807, 2.05) is 25.5 Å². The van der Waals surface area contributed by atoms with Gasteiger partial charge in [-0.05, 0) is 26.3 Å². The number of thiazole rings is 1. The van der Waals surface area contributed by atoms with Crippen LogP contribution in [-0.4, -0.2) is 22.4 Å². The van der Waals surface area contributed by atoms with Gasteiger partial charge in [0, 0.05) is 30.7 Å². The Labute approximate surface area is 110 Å². The number of aromatic amines is 1. The SMILES string of the molecule is CN=c1scc(-c2[nH]c(C)c(C(C)=O)c2C)n1C. The maximum Gasteiger partial charge on any atom is 0.184 e. The first kappa shape index (κ1) is 12.8. The van der Waals surface area contributed by atoms with Crippen molar-refractivity contribution in [2.24, 2.45) is 12.0 Å². The predicted octanol–water partition coefficient (Wildman–Crippen LogP) is 2.43. The number of H-pyrrole nitrogens is 1. The van der Waals surface area contributed by atoms with Crippen LogP contribution < -0.4 is 4.80 Å². The second-order valence-electron chi connectivity index (χ2n) is 4.37. The smallest absolute Gasteiger partial charge is 0.184 e. The number of aromatic nitrogens is 2. The first-order valence-corrected chi connectivity index (χ1v) is 6.63. The highest BCUT2D eigenvalue weighted by molar-refractivity contribution is 7.07. The molecule has 0 bridgehead atoms. The second kappa shape index (κ2) is 4.57. The molecule has 0 amide bonds. The number of aryl methyl sites for hydroxylation is 1. The summed E-state index contributed by atoms with van der Waals surface area (Å²) < 4.78 is 2.03. The van der Waals surface area contributed by atoms with Crippen LogP contribution in [0.5, 0.6) is 0 Å². The summed E-state index contributed by atoms with van der Waals surface area (Å²) in [6.07, 6.45) is 0. The lowest BCUT2D eigenvalue weighted by Crippen LogP contribution is -2.11. The van der Waals surface area contributed by atoms with Gasteiger partial charge in [-0.15, -0.1) is 11.3 Å². The Kier molecular flexibility index (Phi) is 3.26. The van der Waals surface area contributed by atoms with Gasteiger partial charge in [0.15, 0.2) is 10.6 Å². The molecule has 2 aromatic heterocycles. The molecular formula is C13H17N3OS. The van der Waals surface area contributed by atoms with Gasteiger partial charge in [-0.2, -0.15) is 0 Å². The fraction of sp³-hybridized carbons (Fsp3) is 0.385. The van der Waals surface area contributed by atoms with Gasteiger partial charge >= 0.3 is 0 Å². The molecule has 5 heteroatoms. The fourth-order valence-electron chi connectivity index (χ4n) is 2.33. The van der Waals surface area contributed by atoms with E-state index in [-0.39, 0.29) is 5.78 Å². The molecule has 0 aliphatic heterocycles. The predicted molar refractivity (Wildman–Crippen MR) is 74.0 cm³/mol. The van der Waals surface area contributed by atoms with E-state index < -0.39 is 0 Å². The zero-order chi connectivity index (χ0) is 13.4. The number of carbonyl (C=O) groups is 1.